The number of nitrogens with one attached hydrogen (secondary N) is 1. The van der Waals surface area contributed by atoms with Gasteiger partial charge in [0.1, 0.15) is 5.82 Å². The van der Waals surface area contributed by atoms with Crippen LogP contribution < -0.4 is 5.73 Å². The average Bonchev–Trinajstić information content (AvgIpc) is 2.81. The molecule has 0 saturated carbocycles. The second-order valence-corrected chi connectivity index (χ2v) is 5.22. The quantitative estimate of drug-likeness (QED) is 0.652. The average molecular weight is 292 g/mol. The summed E-state index contributed by atoms with van der Waals surface area (Å²) in [6.07, 6.45) is 0. The summed E-state index contributed by atoms with van der Waals surface area (Å²) < 4.78 is 0. The predicted molar refractivity (Wildman–Crippen MR) is 80.7 cm³/mol. The van der Waals surface area contributed by atoms with Crippen molar-refractivity contribution in [3.8, 4) is 11.4 Å². The third kappa shape index (κ3) is 2.05. The lowest BCUT2D eigenvalue weighted by molar-refractivity contribution is 1.33. The minimum atomic E-state index is 0.388. The number of para-hydroxylation sites is 1. The monoisotopic (exact) mass is 291 g/mol. The van der Waals surface area contributed by atoms with Gasteiger partial charge in [0.2, 0.25) is 0 Å². The van der Waals surface area contributed by atoms with Crippen molar-refractivity contribution in [2.45, 2.75) is 6.92 Å². The molecule has 0 atom stereocenters. The number of benzene rings is 2. The summed E-state index contributed by atoms with van der Waals surface area (Å²) in [4.78, 5) is 7.84. The summed E-state index contributed by atoms with van der Waals surface area (Å²) in [5.74, 6) is 0.730. The number of imidazole rings is 1. The van der Waals surface area contributed by atoms with Crippen LogP contribution in [0.1, 0.15) is 5.56 Å². The Labute approximate surface area is 120 Å². The van der Waals surface area contributed by atoms with Crippen LogP contribution >= 0.6 is 23.2 Å². The van der Waals surface area contributed by atoms with Crippen LogP contribution in [0.3, 0.4) is 0 Å². The molecule has 2 aromatic carbocycles. The van der Waals surface area contributed by atoms with Crippen LogP contribution in [-0.2, 0) is 0 Å². The van der Waals surface area contributed by atoms with E-state index in [1.807, 2.05) is 25.1 Å². The lowest BCUT2D eigenvalue weighted by Gasteiger charge is -2.03. The highest BCUT2D eigenvalue weighted by Crippen LogP contribution is 2.33. The summed E-state index contributed by atoms with van der Waals surface area (Å²) in [6.45, 7) is 2.02. The van der Waals surface area contributed by atoms with E-state index >= 15 is 0 Å². The molecule has 0 unspecified atom stereocenters. The summed E-state index contributed by atoms with van der Waals surface area (Å²) in [7, 11) is 0. The number of H-pyrrole nitrogens is 1. The predicted octanol–water partition coefficient (Wildman–Crippen LogP) is 4.43. The zero-order valence-electron chi connectivity index (χ0n) is 10.2. The van der Waals surface area contributed by atoms with Gasteiger partial charge < -0.3 is 10.7 Å². The molecule has 0 spiro atoms. The molecule has 5 heteroatoms. The molecular weight excluding hydrogens is 281 g/mol. The van der Waals surface area contributed by atoms with Crippen LogP contribution in [-0.4, -0.2) is 9.97 Å². The van der Waals surface area contributed by atoms with Crippen molar-refractivity contribution in [3.63, 3.8) is 0 Å². The van der Waals surface area contributed by atoms with Gasteiger partial charge in [-0.3, -0.25) is 0 Å². The highest BCUT2D eigenvalue weighted by atomic mass is 35.5. The molecular formula is C14H11Cl2N3. The van der Waals surface area contributed by atoms with E-state index in [9.17, 15) is 0 Å². The fourth-order valence-corrected chi connectivity index (χ4v) is 2.52. The highest BCUT2D eigenvalue weighted by molar-refractivity contribution is 6.39. The molecule has 0 bridgehead atoms. The van der Waals surface area contributed by atoms with Crippen LogP contribution in [0.25, 0.3) is 22.4 Å². The van der Waals surface area contributed by atoms with E-state index in [0.717, 1.165) is 28.0 Å². The van der Waals surface area contributed by atoms with Gasteiger partial charge in [-0.05, 0) is 30.7 Å². The summed E-state index contributed by atoms with van der Waals surface area (Å²) in [5.41, 5.74) is 9.99. The number of aryl methyl sites for hydroxylation is 1. The van der Waals surface area contributed by atoms with Crippen LogP contribution in [0.4, 0.5) is 5.69 Å². The number of nitrogen functional groups attached to an aromatic ring is 1. The lowest BCUT2D eigenvalue weighted by Crippen LogP contribution is -1.89. The number of halogens is 2. The van der Waals surface area contributed by atoms with Crippen LogP contribution in [0.2, 0.25) is 10.0 Å². The van der Waals surface area contributed by atoms with Gasteiger partial charge in [-0.25, -0.2) is 4.98 Å². The van der Waals surface area contributed by atoms with E-state index in [0.29, 0.717) is 15.7 Å². The lowest BCUT2D eigenvalue weighted by atomic mass is 10.2. The SMILES string of the molecule is Cc1cccc2[nH]c(-c3cc(Cl)c(N)c(Cl)c3)nc12. The first-order valence-electron chi connectivity index (χ1n) is 5.76. The molecule has 3 rings (SSSR count). The normalized spacial score (nSPS) is 11.1. The zero-order valence-corrected chi connectivity index (χ0v) is 11.7. The van der Waals surface area contributed by atoms with Crippen molar-refractivity contribution in [3.05, 3.63) is 45.9 Å². The first-order chi connectivity index (χ1) is 9.06. The number of rotatable bonds is 1. The number of nitrogens with zero attached hydrogens (tertiary/aromatic N) is 1. The number of aromatic amines is 1. The number of hydrogen-bond donors (Lipinski definition) is 2. The van der Waals surface area contributed by atoms with E-state index in [1.165, 1.54) is 0 Å². The fraction of sp³-hybridized carbons (Fsp3) is 0.0714. The van der Waals surface area contributed by atoms with E-state index < -0.39 is 0 Å². The van der Waals surface area contributed by atoms with Gasteiger partial charge in [0.25, 0.3) is 0 Å². The molecule has 0 aliphatic rings. The molecule has 1 aromatic heterocycles. The first-order valence-corrected chi connectivity index (χ1v) is 6.52. The molecule has 19 heavy (non-hydrogen) atoms. The summed E-state index contributed by atoms with van der Waals surface area (Å²) >= 11 is 12.1. The van der Waals surface area contributed by atoms with Crippen LogP contribution in [0.15, 0.2) is 30.3 Å². The van der Waals surface area contributed by atoms with E-state index in [1.54, 1.807) is 12.1 Å². The largest absolute Gasteiger partial charge is 0.396 e. The molecule has 96 valence electrons. The summed E-state index contributed by atoms with van der Waals surface area (Å²) in [6, 6.07) is 9.52. The third-order valence-corrected chi connectivity index (χ3v) is 3.69. The van der Waals surface area contributed by atoms with E-state index in [4.69, 9.17) is 28.9 Å². The smallest absolute Gasteiger partial charge is 0.138 e. The number of anilines is 1. The Hall–Kier alpha value is -1.71. The second kappa shape index (κ2) is 4.44. The number of fused-ring (bicyclic) bond motifs is 1. The van der Waals surface area contributed by atoms with Crippen molar-refractivity contribution in [2.75, 3.05) is 5.73 Å². The zero-order chi connectivity index (χ0) is 13.6. The Bertz CT molecular complexity index is 754. The molecule has 0 radical (unpaired) electrons. The maximum absolute atomic E-state index is 6.05. The van der Waals surface area contributed by atoms with Gasteiger partial charge >= 0.3 is 0 Å². The second-order valence-electron chi connectivity index (χ2n) is 4.41. The van der Waals surface area contributed by atoms with Gasteiger partial charge in [-0.1, -0.05) is 35.3 Å². The molecule has 0 fully saturated rings. The van der Waals surface area contributed by atoms with Gasteiger partial charge in [-0.2, -0.15) is 0 Å². The van der Waals surface area contributed by atoms with Crippen LogP contribution in [0, 0.1) is 6.92 Å². The van der Waals surface area contributed by atoms with E-state index in [2.05, 4.69) is 9.97 Å². The van der Waals surface area contributed by atoms with Crippen molar-refractivity contribution >= 4 is 39.9 Å². The summed E-state index contributed by atoms with van der Waals surface area (Å²) in [5, 5.41) is 0.861. The molecule has 0 aliphatic carbocycles. The Morgan fingerprint density at radius 3 is 2.47 bits per heavy atom. The van der Waals surface area contributed by atoms with E-state index in [-0.39, 0.29) is 0 Å². The molecule has 0 amide bonds. The topological polar surface area (TPSA) is 54.7 Å². The molecule has 0 aliphatic heterocycles. The number of aromatic nitrogens is 2. The molecule has 3 nitrogen and oxygen atoms in total. The fourth-order valence-electron chi connectivity index (χ4n) is 2.03. The Morgan fingerprint density at radius 2 is 1.84 bits per heavy atom. The van der Waals surface area contributed by atoms with Crippen molar-refractivity contribution in [2.24, 2.45) is 0 Å². The van der Waals surface area contributed by atoms with Crippen molar-refractivity contribution < 1.29 is 0 Å². The van der Waals surface area contributed by atoms with Gasteiger partial charge in [0.15, 0.2) is 0 Å². The number of nitrogens with two attached hydrogens (primary N) is 1. The first kappa shape index (κ1) is 12.3. The molecule has 3 N–H and O–H groups in total. The Morgan fingerprint density at radius 1 is 1.16 bits per heavy atom. The highest BCUT2D eigenvalue weighted by Gasteiger charge is 2.10. The van der Waals surface area contributed by atoms with Gasteiger partial charge in [-0.15, -0.1) is 0 Å². The minimum absolute atomic E-state index is 0.388. The van der Waals surface area contributed by atoms with Crippen molar-refractivity contribution in [1.82, 2.24) is 9.97 Å². The van der Waals surface area contributed by atoms with Gasteiger partial charge in [0, 0.05) is 5.56 Å². The maximum Gasteiger partial charge on any atom is 0.138 e. The van der Waals surface area contributed by atoms with Crippen LogP contribution in [0.5, 0.6) is 0 Å². The standard InChI is InChI=1S/C14H11Cl2N3/c1-7-3-2-4-11-13(7)19-14(18-11)8-5-9(15)12(17)10(16)6-8/h2-6H,17H2,1H3,(H,18,19). The molecule has 3 aromatic rings. The molecule has 0 saturated heterocycles. The Kier molecular flexibility index (Phi) is 2.88. The number of hydrogen-bond acceptors (Lipinski definition) is 2. The molecule has 1 heterocycles. The van der Waals surface area contributed by atoms with Gasteiger partial charge in [0.05, 0.1) is 26.8 Å². The third-order valence-electron chi connectivity index (χ3n) is 3.07. The maximum atomic E-state index is 6.05. The minimum Gasteiger partial charge on any atom is -0.396 e. The van der Waals surface area contributed by atoms with Crippen molar-refractivity contribution in [1.29, 1.82) is 0 Å². The Balaban J connectivity index is 2.22.